The molecule has 3 rings (SSSR count). The topological polar surface area (TPSA) is 88.6 Å². The second-order valence-electron chi connectivity index (χ2n) is 6.08. The van der Waals surface area contributed by atoms with Crippen molar-refractivity contribution < 1.29 is 14.1 Å². The molecule has 24 heavy (non-hydrogen) atoms. The van der Waals surface area contributed by atoms with E-state index in [9.17, 15) is 14.9 Å². The van der Waals surface area contributed by atoms with Gasteiger partial charge in [-0.1, -0.05) is 0 Å². The smallest absolute Gasteiger partial charge is 0.293 e. The van der Waals surface area contributed by atoms with E-state index >= 15 is 0 Å². The second kappa shape index (κ2) is 6.35. The van der Waals surface area contributed by atoms with E-state index < -0.39 is 4.92 Å². The van der Waals surface area contributed by atoms with Crippen LogP contribution in [0.3, 0.4) is 0 Å². The molecular weight excluding hydrogens is 310 g/mol. The van der Waals surface area contributed by atoms with Crippen molar-refractivity contribution in [2.24, 2.45) is 0 Å². The third-order valence-corrected chi connectivity index (χ3v) is 3.91. The largest absolute Gasteiger partial charge is 0.464 e. The molecule has 1 aromatic carbocycles. The van der Waals surface area contributed by atoms with E-state index in [4.69, 9.17) is 4.42 Å². The minimum Gasteiger partial charge on any atom is -0.464 e. The number of nitrogens with one attached hydrogen (secondary N) is 1. The lowest BCUT2D eigenvalue weighted by Gasteiger charge is -2.16. The average molecular weight is 329 g/mol. The van der Waals surface area contributed by atoms with E-state index in [0.29, 0.717) is 24.0 Å². The third kappa shape index (κ3) is 3.56. The number of hydrogen-bond acceptors (Lipinski definition) is 5. The Morgan fingerprint density at radius 1 is 1.38 bits per heavy atom. The van der Waals surface area contributed by atoms with Crippen molar-refractivity contribution in [2.45, 2.75) is 32.4 Å². The molecule has 0 spiro atoms. The molecule has 1 aromatic heterocycles. The van der Waals surface area contributed by atoms with Gasteiger partial charge in [-0.15, -0.1) is 0 Å². The number of nitro benzene ring substituents is 1. The van der Waals surface area contributed by atoms with Crippen LogP contribution in [0.15, 0.2) is 34.7 Å². The van der Waals surface area contributed by atoms with Crippen molar-refractivity contribution in [1.82, 2.24) is 4.90 Å². The molecule has 7 heteroatoms. The number of rotatable bonds is 6. The van der Waals surface area contributed by atoms with Crippen molar-refractivity contribution in [3.05, 3.63) is 57.5 Å². The van der Waals surface area contributed by atoms with Crippen molar-refractivity contribution in [3.8, 4) is 0 Å². The number of aryl methyl sites for hydroxylation is 1. The quantitative estimate of drug-likeness (QED) is 0.648. The highest BCUT2D eigenvalue weighted by molar-refractivity contribution is 5.95. The molecule has 0 bridgehead atoms. The second-order valence-corrected chi connectivity index (χ2v) is 6.08. The normalized spacial score (nSPS) is 13.6. The third-order valence-electron chi connectivity index (χ3n) is 3.91. The summed E-state index contributed by atoms with van der Waals surface area (Å²) < 4.78 is 5.46. The Morgan fingerprint density at radius 3 is 2.71 bits per heavy atom. The van der Waals surface area contributed by atoms with Gasteiger partial charge in [-0.2, -0.15) is 0 Å². The van der Waals surface area contributed by atoms with Crippen molar-refractivity contribution in [3.63, 3.8) is 0 Å². The molecule has 1 heterocycles. The Kier molecular flexibility index (Phi) is 4.24. The Hall–Kier alpha value is -2.83. The lowest BCUT2D eigenvalue weighted by atomic mass is 10.1. The molecule has 1 fully saturated rings. The molecular formula is C17H19N3O4. The molecule has 0 radical (unpaired) electrons. The number of carbonyl (C=O) groups excluding carboxylic acids is 1. The van der Waals surface area contributed by atoms with E-state index in [-0.39, 0.29) is 17.2 Å². The predicted octanol–water partition coefficient (Wildman–Crippen LogP) is 3.34. The van der Waals surface area contributed by atoms with Crippen LogP contribution >= 0.6 is 0 Å². The Morgan fingerprint density at radius 2 is 2.12 bits per heavy atom. The van der Waals surface area contributed by atoms with Crippen LogP contribution in [0.25, 0.3) is 0 Å². The van der Waals surface area contributed by atoms with Crippen molar-refractivity contribution in [2.75, 3.05) is 12.4 Å². The molecule has 1 amide bonds. The van der Waals surface area contributed by atoms with Crippen LogP contribution in [0.1, 0.15) is 34.7 Å². The fourth-order valence-electron chi connectivity index (χ4n) is 2.48. The van der Waals surface area contributed by atoms with Gasteiger partial charge in [0.25, 0.3) is 11.6 Å². The maximum Gasteiger partial charge on any atom is 0.293 e. The number of nitrogens with zero attached hydrogens (tertiary/aromatic N) is 2. The van der Waals surface area contributed by atoms with Gasteiger partial charge in [0.15, 0.2) is 0 Å². The van der Waals surface area contributed by atoms with Gasteiger partial charge in [0, 0.05) is 24.7 Å². The van der Waals surface area contributed by atoms with E-state index in [1.165, 1.54) is 11.0 Å². The van der Waals surface area contributed by atoms with Crippen molar-refractivity contribution in [1.29, 1.82) is 0 Å². The summed E-state index contributed by atoms with van der Waals surface area (Å²) in [7, 11) is 1.64. The van der Waals surface area contributed by atoms with Gasteiger partial charge in [-0.3, -0.25) is 14.9 Å². The summed E-state index contributed by atoms with van der Waals surface area (Å²) in [6.07, 6.45) is 2.03. The van der Waals surface area contributed by atoms with E-state index in [2.05, 4.69) is 5.32 Å². The summed E-state index contributed by atoms with van der Waals surface area (Å²) in [4.78, 5) is 24.8. The number of benzene rings is 1. The molecule has 0 aliphatic heterocycles. The lowest BCUT2D eigenvalue weighted by molar-refractivity contribution is -0.384. The van der Waals surface area contributed by atoms with Gasteiger partial charge in [0.05, 0.1) is 11.5 Å². The predicted molar refractivity (Wildman–Crippen MR) is 89.0 cm³/mol. The lowest BCUT2D eigenvalue weighted by Crippen LogP contribution is -2.26. The Labute approximate surface area is 139 Å². The van der Waals surface area contributed by atoms with Gasteiger partial charge in [0.1, 0.15) is 17.2 Å². The maximum atomic E-state index is 12.5. The van der Waals surface area contributed by atoms with Crippen LogP contribution in [-0.2, 0) is 6.54 Å². The van der Waals surface area contributed by atoms with Gasteiger partial charge in [-0.05, 0) is 44.0 Å². The number of nitro groups is 1. The molecule has 7 nitrogen and oxygen atoms in total. The minimum absolute atomic E-state index is 0.0741. The first-order valence-electron chi connectivity index (χ1n) is 7.80. The molecule has 0 atom stereocenters. The molecule has 1 aliphatic rings. The van der Waals surface area contributed by atoms with Crippen LogP contribution in [0.2, 0.25) is 0 Å². The summed E-state index contributed by atoms with van der Waals surface area (Å²) in [6, 6.07) is 8.49. The average Bonchev–Trinajstić information content (AvgIpc) is 3.27. The number of furan rings is 1. The SMILES string of the molecule is Cc1ccc(CN(C)C(=O)c2ccc(NC3CC3)c([N+](=O)[O-])c2)o1. The monoisotopic (exact) mass is 329 g/mol. The highest BCUT2D eigenvalue weighted by atomic mass is 16.6. The zero-order valence-corrected chi connectivity index (χ0v) is 13.6. The van der Waals surface area contributed by atoms with Gasteiger partial charge >= 0.3 is 0 Å². The molecule has 1 aliphatic carbocycles. The summed E-state index contributed by atoms with van der Waals surface area (Å²) >= 11 is 0. The van der Waals surface area contributed by atoms with Crippen molar-refractivity contribution >= 4 is 17.3 Å². The summed E-state index contributed by atoms with van der Waals surface area (Å²) in [5.74, 6) is 1.16. The van der Waals surface area contributed by atoms with Crippen LogP contribution in [-0.4, -0.2) is 28.8 Å². The highest BCUT2D eigenvalue weighted by Gasteiger charge is 2.26. The fourth-order valence-corrected chi connectivity index (χ4v) is 2.48. The molecule has 126 valence electrons. The first-order chi connectivity index (χ1) is 11.4. The Balaban J connectivity index is 1.78. The van der Waals surface area contributed by atoms with Crippen LogP contribution in [0.5, 0.6) is 0 Å². The number of carbonyl (C=O) groups is 1. The summed E-state index contributed by atoms with van der Waals surface area (Å²) in [5, 5.41) is 14.4. The van der Waals surface area contributed by atoms with E-state index in [0.717, 1.165) is 18.6 Å². The van der Waals surface area contributed by atoms with Crippen LogP contribution in [0.4, 0.5) is 11.4 Å². The number of amides is 1. The molecule has 2 aromatic rings. The summed E-state index contributed by atoms with van der Waals surface area (Å²) in [5.41, 5.74) is 0.673. The fraction of sp³-hybridized carbons (Fsp3) is 0.353. The van der Waals surface area contributed by atoms with Crippen LogP contribution < -0.4 is 5.32 Å². The van der Waals surface area contributed by atoms with E-state index in [1.807, 2.05) is 19.1 Å². The van der Waals surface area contributed by atoms with E-state index in [1.54, 1.807) is 19.2 Å². The summed E-state index contributed by atoms with van der Waals surface area (Å²) in [6.45, 7) is 2.14. The molecule has 1 N–H and O–H groups in total. The highest BCUT2D eigenvalue weighted by Crippen LogP contribution is 2.31. The Bertz CT molecular complexity index is 780. The van der Waals surface area contributed by atoms with Gasteiger partial charge in [-0.25, -0.2) is 0 Å². The number of hydrogen-bond donors (Lipinski definition) is 1. The number of anilines is 1. The van der Waals surface area contributed by atoms with Gasteiger partial charge < -0.3 is 14.6 Å². The maximum absolute atomic E-state index is 12.5. The van der Waals surface area contributed by atoms with Gasteiger partial charge in [0.2, 0.25) is 0 Å². The molecule has 1 saturated carbocycles. The zero-order chi connectivity index (χ0) is 17.3. The minimum atomic E-state index is -0.461. The standard InChI is InChI=1S/C17H19N3O4/c1-11-3-7-14(24-11)10-19(2)17(21)12-4-8-15(18-13-5-6-13)16(9-12)20(22)23/h3-4,7-9,13,18H,5-6,10H2,1-2H3. The first kappa shape index (κ1) is 16.0. The first-order valence-corrected chi connectivity index (χ1v) is 7.80. The molecule has 0 unspecified atom stereocenters. The molecule has 0 saturated heterocycles. The van der Waals surface area contributed by atoms with Crippen LogP contribution in [0, 0.1) is 17.0 Å². The zero-order valence-electron chi connectivity index (χ0n) is 13.6.